The lowest BCUT2D eigenvalue weighted by molar-refractivity contribution is -0.122. The second-order valence-corrected chi connectivity index (χ2v) is 10.2. The molecule has 224 valence electrons. The molecule has 4 rings (SSSR count). The number of nitrogens with zero attached hydrogens (tertiary/aromatic N) is 1. The van der Waals surface area contributed by atoms with E-state index in [1.807, 2.05) is 26.0 Å². The molecule has 1 saturated heterocycles. The maximum Gasteiger partial charge on any atom is 0.335 e. The summed E-state index contributed by atoms with van der Waals surface area (Å²) in [5, 5.41) is 4.95. The Hall–Kier alpha value is -4.84. The number of benzene rings is 3. The Bertz CT molecular complexity index is 1590. The number of urea groups is 1. The molecule has 0 atom stereocenters. The lowest BCUT2D eigenvalue weighted by Gasteiger charge is -2.27. The Kier molecular flexibility index (Phi) is 10.0. The van der Waals surface area contributed by atoms with Crippen LogP contribution in [0.5, 0.6) is 23.0 Å². The van der Waals surface area contributed by atoms with Crippen molar-refractivity contribution in [3.05, 3.63) is 75.8 Å². The summed E-state index contributed by atoms with van der Waals surface area (Å²) in [5.74, 6) is -0.793. The monoisotopic (exact) mass is 651 g/mol. The highest BCUT2D eigenvalue weighted by atomic mass is 79.9. The first kappa shape index (κ1) is 31.1. The number of anilines is 2. The number of amides is 5. The van der Waals surface area contributed by atoms with Gasteiger partial charge >= 0.3 is 6.03 Å². The van der Waals surface area contributed by atoms with Crippen molar-refractivity contribution < 1.29 is 38.1 Å². The number of carbonyl (C=O) groups excluding carboxylic acids is 4. The van der Waals surface area contributed by atoms with Gasteiger partial charge in [0.25, 0.3) is 17.7 Å². The summed E-state index contributed by atoms with van der Waals surface area (Å²) < 4.78 is 22.6. The zero-order chi connectivity index (χ0) is 31.1. The van der Waals surface area contributed by atoms with E-state index in [1.54, 1.807) is 24.3 Å². The number of methoxy groups -OCH3 is 2. The molecule has 1 fully saturated rings. The predicted octanol–water partition coefficient (Wildman–Crippen LogP) is 5.25. The van der Waals surface area contributed by atoms with Gasteiger partial charge < -0.3 is 24.3 Å². The average molecular weight is 652 g/mol. The number of hydrogen-bond acceptors (Lipinski definition) is 8. The second kappa shape index (κ2) is 13.9. The minimum Gasteiger partial charge on any atom is -0.493 e. The number of hydrogen-bond donors (Lipinski definition) is 2. The third-order valence-corrected chi connectivity index (χ3v) is 6.80. The van der Waals surface area contributed by atoms with E-state index < -0.39 is 17.8 Å². The van der Waals surface area contributed by atoms with Gasteiger partial charge in [-0.3, -0.25) is 19.7 Å². The molecule has 0 radical (unpaired) electrons. The van der Waals surface area contributed by atoms with Gasteiger partial charge in [0.2, 0.25) is 0 Å². The predicted molar refractivity (Wildman–Crippen MR) is 164 cm³/mol. The summed E-state index contributed by atoms with van der Waals surface area (Å²) in [6, 6.07) is 14.2. The van der Waals surface area contributed by atoms with Crippen LogP contribution in [-0.4, -0.2) is 51.2 Å². The molecular weight excluding hydrogens is 622 g/mol. The van der Waals surface area contributed by atoms with Crippen LogP contribution in [0, 0.1) is 6.92 Å². The molecule has 11 nitrogen and oxygen atoms in total. The Morgan fingerprint density at radius 3 is 2.35 bits per heavy atom. The number of barbiturate groups is 1. The van der Waals surface area contributed by atoms with Crippen molar-refractivity contribution >= 4 is 57.1 Å². The Balaban J connectivity index is 1.56. The smallest absolute Gasteiger partial charge is 0.335 e. The molecule has 12 heteroatoms. The van der Waals surface area contributed by atoms with Gasteiger partial charge in [-0.25, -0.2) is 9.69 Å². The van der Waals surface area contributed by atoms with Crippen molar-refractivity contribution in [2.75, 3.05) is 37.7 Å². The number of carbonyl (C=O) groups is 4. The summed E-state index contributed by atoms with van der Waals surface area (Å²) in [6.07, 6.45) is 2.11. The van der Waals surface area contributed by atoms with Crippen LogP contribution >= 0.6 is 15.9 Å². The fourth-order valence-corrected chi connectivity index (χ4v) is 4.69. The molecule has 3 aromatic carbocycles. The second-order valence-electron chi connectivity index (χ2n) is 9.38. The Labute approximate surface area is 256 Å². The van der Waals surface area contributed by atoms with Gasteiger partial charge in [0.05, 0.1) is 31.0 Å². The van der Waals surface area contributed by atoms with Crippen molar-refractivity contribution in [1.82, 2.24) is 5.32 Å². The molecule has 0 saturated carbocycles. The van der Waals surface area contributed by atoms with Crippen LogP contribution in [0.1, 0.15) is 24.5 Å². The van der Waals surface area contributed by atoms with Gasteiger partial charge in [0.15, 0.2) is 29.6 Å². The number of nitrogens with one attached hydrogen (secondary N) is 2. The first-order valence-corrected chi connectivity index (χ1v) is 14.0. The third-order valence-electron chi connectivity index (χ3n) is 6.21. The van der Waals surface area contributed by atoms with Crippen LogP contribution in [-0.2, 0) is 14.4 Å². The SMILES string of the molecule is CCCOc1ccc(N2C(=O)NC(=O)/C(=C\c3cc(Br)c(OCC(=O)Nc4ccc(C)cc4)c(OC)c3)C2=O)cc1OC. The maximum absolute atomic E-state index is 13.5. The number of ether oxygens (including phenoxy) is 4. The molecule has 1 heterocycles. The van der Waals surface area contributed by atoms with E-state index >= 15 is 0 Å². The van der Waals surface area contributed by atoms with Gasteiger partial charge in [-0.1, -0.05) is 24.6 Å². The average Bonchev–Trinajstić information content (AvgIpc) is 2.98. The fourth-order valence-electron chi connectivity index (χ4n) is 4.12. The molecule has 1 aliphatic heterocycles. The first-order chi connectivity index (χ1) is 20.6. The van der Waals surface area contributed by atoms with Crippen LogP contribution in [0.3, 0.4) is 0 Å². The van der Waals surface area contributed by atoms with E-state index in [4.69, 9.17) is 18.9 Å². The standard InChI is InChI=1S/C31H30BrN3O8/c1-5-12-42-24-11-10-21(16-25(24)40-3)35-30(38)22(29(37)34-31(35)39)13-19-14-23(32)28(26(15-19)41-4)43-17-27(36)33-20-8-6-18(2)7-9-20/h6-11,13-16H,5,12,17H2,1-4H3,(H,33,36)(H,34,37,39)/b22-13+. The highest BCUT2D eigenvalue weighted by molar-refractivity contribution is 9.10. The van der Waals surface area contributed by atoms with Crippen LogP contribution in [0.2, 0.25) is 0 Å². The molecule has 0 unspecified atom stereocenters. The molecule has 2 N–H and O–H groups in total. The van der Waals surface area contributed by atoms with Crippen molar-refractivity contribution in [2.45, 2.75) is 20.3 Å². The van der Waals surface area contributed by atoms with E-state index in [2.05, 4.69) is 26.6 Å². The number of halogens is 1. The van der Waals surface area contributed by atoms with Crippen LogP contribution in [0.4, 0.5) is 16.2 Å². The summed E-state index contributed by atoms with van der Waals surface area (Å²) in [5.41, 5.74) is 2.00. The van der Waals surface area contributed by atoms with E-state index in [-0.39, 0.29) is 35.3 Å². The van der Waals surface area contributed by atoms with Gasteiger partial charge in [-0.2, -0.15) is 0 Å². The van der Waals surface area contributed by atoms with Gasteiger partial charge in [0.1, 0.15) is 5.57 Å². The lowest BCUT2D eigenvalue weighted by Crippen LogP contribution is -2.54. The Morgan fingerprint density at radius 1 is 0.953 bits per heavy atom. The molecular formula is C31H30BrN3O8. The summed E-state index contributed by atoms with van der Waals surface area (Å²) in [6.45, 7) is 4.07. The quantitative estimate of drug-likeness (QED) is 0.212. The van der Waals surface area contributed by atoms with Crippen LogP contribution < -0.4 is 34.5 Å². The minimum absolute atomic E-state index is 0.188. The highest BCUT2D eigenvalue weighted by Crippen LogP contribution is 2.38. The van der Waals surface area contributed by atoms with Gasteiger partial charge in [-0.15, -0.1) is 0 Å². The molecule has 1 aliphatic rings. The number of aryl methyl sites for hydroxylation is 1. The van der Waals surface area contributed by atoms with Crippen molar-refractivity contribution in [1.29, 1.82) is 0 Å². The van der Waals surface area contributed by atoms with E-state index in [9.17, 15) is 19.2 Å². The number of imide groups is 2. The largest absolute Gasteiger partial charge is 0.493 e. The first-order valence-electron chi connectivity index (χ1n) is 13.2. The fraction of sp³-hybridized carbons (Fsp3) is 0.226. The molecule has 0 spiro atoms. The molecule has 0 aromatic heterocycles. The molecule has 3 aromatic rings. The molecule has 0 bridgehead atoms. The molecule has 0 aliphatic carbocycles. The van der Waals surface area contributed by atoms with E-state index in [1.165, 1.54) is 38.5 Å². The Morgan fingerprint density at radius 2 is 1.67 bits per heavy atom. The maximum atomic E-state index is 13.5. The topological polar surface area (TPSA) is 132 Å². The zero-order valence-corrected chi connectivity index (χ0v) is 25.6. The highest BCUT2D eigenvalue weighted by Gasteiger charge is 2.37. The van der Waals surface area contributed by atoms with Crippen LogP contribution in [0.25, 0.3) is 6.08 Å². The third kappa shape index (κ3) is 7.33. The van der Waals surface area contributed by atoms with E-state index in [0.29, 0.717) is 33.8 Å². The minimum atomic E-state index is -0.900. The van der Waals surface area contributed by atoms with Crippen molar-refractivity contribution in [3.8, 4) is 23.0 Å². The van der Waals surface area contributed by atoms with Crippen LogP contribution in [0.15, 0.2) is 64.6 Å². The molecule has 43 heavy (non-hydrogen) atoms. The van der Waals surface area contributed by atoms with Crippen molar-refractivity contribution in [3.63, 3.8) is 0 Å². The zero-order valence-electron chi connectivity index (χ0n) is 24.0. The van der Waals surface area contributed by atoms with Gasteiger partial charge in [-0.05, 0) is 77.3 Å². The van der Waals surface area contributed by atoms with E-state index in [0.717, 1.165) is 16.9 Å². The van der Waals surface area contributed by atoms with Crippen molar-refractivity contribution in [2.24, 2.45) is 0 Å². The normalized spacial score (nSPS) is 13.9. The molecule has 5 amide bonds. The number of rotatable bonds is 11. The summed E-state index contributed by atoms with van der Waals surface area (Å²) in [7, 11) is 2.86. The lowest BCUT2D eigenvalue weighted by atomic mass is 10.1. The summed E-state index contributed by atoms with van der Waals surface area (Å²) in [4.78, 5) is 52.2. The summed E-state index contributed by atoms with van der Waals surface area (Å²) >= 11 is 3.42. The van der Waals surface area contributed by atoms with Gasteiger partial charge in [0, 0.05) is 11.8 Å².